The average Bonchev–Trinajstić information content (AvgIpc) is 2.90. The standard InChI is InChI=1S/C15H18ClN3O/c1-11(12-4-5-15(20-2)14(16)8-12)18-9-13(10-18)19-7-3-6-17-19/h3-8,11,13H,9-10H2,1-2H3. The smallest absolute Gasteiger partial charge is 0.137 e. The highest BCUT2D eigenvalue weighted by Crippen LogP contribution is 2.34. The van der Waals surface area contributed by atoms with Crippen molar-refractivity contribution in [2.45, 2.75) is 19.0 Å². The molecule has 0 radical (unpaired) electrons. The molecule has 0 spiro atoms. The average molecular weight is 292 g/mol. The maximum atomic E-state index is 6.19. The minimum absolute atomic E-state index is 0.352. The van der Waals surface area contributed by atoms with Crippen LogP contribution in [0.3, 0.4) is 0 Å². The van der Waals surface area contributed by atoms with E-state index >= 15 is 0 Å². The number of nitrogens with zero attached hydrogens (tertiary/aromatic N) is 3. The van der Waals surface area contributed by atoms with Crippen molar-refractivity contribution in [3.63, 3.8) is 0 Å². The van der Waals surface area contributed by atoms with E-state index in [4.69, 9.17) is 16.3 Å². The van der Waals surface area contributed by atoms with E-state index in [1.807, 2.05) is 35.3 Å². The van der Waals surface area contributed by atoms with Crippen molar-refractivity contribution >= 4 is 11.6 Å². The highest BCUT2D eigenvalue weighted by molar-refractivity contribution is 6.32. The molecule has 1 fully saturated rings. The Hall–Kier alpha value is -1.52. The summed E-state index contributed by atoms with van der Waals surface area (Å²) in [5, 5.41) is 4.96. The Morgan fingerprint density at radius 2 is 2.20 bits per heavy atom. The van der Waals surface area contributed by atoms with Crippen molar-refractivity contribution in [2.75, 3.05) is 20.2 Å². The molecule has 1 aliphatic rings. The first-order chi connectivity index (χ1) is 9.69. The summed E-state index contributed by atoms with van der Waals surface area (Å²) < 4.78 is 7.22. The molecule has 0 saturated carbocycles. The van der Waals surface area contributed by atoms with Crippen LogP contribution in [0.2, 0.25) is 5.02 Å². The fourth-order valence-corrected chi connectivity index (χ4v) is 2.89. The first-order valence-electron chi connectivity index (χ1n) is 6.75. The lowest BCUT2D eigenvalue weighted by Crippen LogP contribution is -2.48. The molecule has 1 saturated heterocycles. The number of likely N-dealkylation sites (tertiary alicyclic amines) is 1. The number of halogens is 1. The summed E-state index contributed by atoms with van der Waals surface area (Å²) in [5.41, 5.74) is 1.22. The summed E-state index contributed by atoms with van der Waals surface area (Å²) in [6.07, 6.45) is 3.85. The van der Waals surface area contributed by atoms with Gasteiger partial charge < -0.3 is 4.74 Å². The number of rotatable bonds is 4. The van der Waals surface area contributed by atoms with Crippen LogP contribution in [0.25, 0.3) is 0 Å². The molecule has 1 aliphatic heterocycles. The van der Waals surface area contributed by atoms with Crippen LogP contribution >= 0.6 is 11.6 Å². The predicted octanol–water partition coefficient (Wildman–Crippen LogP) is 3.16. The zero-order valence-corrected chi connectivity index (χ0v) is 12.4. The van der Waals surface area contributed by atoms with Crippen LogP contribution in [-0.4, -0.2) is 34.9 Å². The van der Waals surface area contributed by atoms with E-state index in [1.54, 1.807) is 7.11 Å². The number of ether oxygens (including phenoxy) is 1. The van der Waals surface area contributed by atoms with Gasteiger partial charge in [0.15, 0.2) is 0 Å². The van der Waals surface area contributed by atoms with Crippen molar-refractivity contribution in [3.05, 3.63) is 47.2 Å². The highest BCUT2D eigenvalue weighted by Gasteiger charge is 2.32. The monoisotopic (exact) mass is 291 g/mol. The van der Waals surface area contributed by atoms with E-state index in [-0.39, 0.29) is 0 Å². The van der Waals surface area contributed by atoms with Crippen molar-refractivity contribution in [1.82, 2.24) is 14.7 Å². The molecule has 106 valence electrons. The summed E-state index contributed by atoms with van der Waals surface area (Å²) in [6, 6.07) is 8.81. The topological polar surface area (TPSA) is 30.3 Å². The number of hydrogen-bond acceptors (Lipinski definition) is 3. The Labute approximate surface area is 123 Å². The first-order valence-corrected chi connectivity index (χ1v) is 7.13. The molecule has 1 unspecified atom stereocenters. The maximum absolute atomic E-state index is 6.19. The van der Waals surface area contributed by atoms with Gasteiger partial charge in [0.25, 0.3) is 0 Å². The summed E-state index contributed by atoms with van der Waals surface area (Å²) in [7, 11) is 1.63. The molecule has 1 atom stereocenters. The minimum atomic E-state index is 0.352. The maximum Gasteiger partial charge on any atom is 0.137 e. The lowest BCUT2D eigenvalue weighted by molar-refractivity contribution is 0.0597. The first kappa shape index (κ1) is 13.5. The normalized spacial score (nSPS) is 17.8. The van der Waals surface area contributed by atoms with Gasteiger partial charge >= 0.3 is 0 Å². The molecule has 0 aliphatic carbocycles. The van der Waals surface area contributed by atoms with E-state index in [0.717, 1.165) is 18.8 Å². The number of aromatic nitrogens is 2. The molecular formula is C15H18ClN3O. The molecule has 20 heavy (non-hydrogen) atoms. The number of methoxy groups -OCH3 is 1. The van der Waals surface area contributed by atoms with Gasteiger partial charge in [-0.15, -0.1) is 0 Å². The predicted molar refractivity (Wildman–Crippen MR) is 79.3 cm³/mol. The Bertz CT molecular complexity index is 579. The third kappa shape index (κ3) is 2.41. The van der Waals surface area contributed by atoms with Gasteiger partial charge in [0, 0.05) is 31.5 Å². The summed E-state index contributed by atoms with van der Waals surface area (Å²) >= 11 is 6.19. The third-order valence-corrected chi connectivity index (χ3v) is 4.29. The van der Waals surface area contributed by atoms with E-state index in [2.05, 4.69) is 23.0 Å². The Morgan fingerprint density at radius 1 is 1.40 bits per heavy atom. The molecule has 0 bridgehead atoms. The van der Waals surface area contributed by atoms with Gasteiger partial charge in [0.2, 0.25) is 0 Å². The van der Waals surface area contributed by atoms with Gasteiger partial charge in [-0.2, -0.15) is 5.10 Å². The molecule has 1 aromatic heterocycles. The van der Waals surface area contributed by atoms with Gasteiger partial charge in [-0.05, 0) is 30.7 Å². The fourth-order valence-electron chi connectivity index (χ4n) is 2.62. The molecule has 1 aromatic carbocycles. The van der Waals surface area contributed by atoms with Crippen molar-refractivity contribution in [1.29, 1.82) is 0 Å². The minimum Gasteiger partial charge on any atom is -0.495 e. The Morgan fingerprint density at radius 3 is 2.80 bits per heavy atom. The molecular weight excluding hydrogens is 274 g/mol. The molecule has 4 nitrogen and oxygen atoms in total. The zero-order valence-electron chi connectivity index (χ0n) is 11.7. The number of benzene rings is 1. The van der Waals surface area contributed by atoms with Crippen LogP contribution in [0, 0.1) is 0 Å². The molecule has 5 heteroatoms. The molecule has 0 amide bonds. The van der Waals surface area contributed by atoms with Crippen molar-refractivity contribution < 1.29 is 4.74 Å². The summed E-state index contributed by atoms with van der Waals surface area (Å²) in [6.45, 7) is 4.25. The van der Waals surface area contributed by atoms with Gasteiger partial charge in [-0.25, -0.2) is 0 Å². The Kier molecular flexibility index (Phi) is 3.68. The molecule has 2 heterocycles. The van der Waals surface area contributed by atoms with Crippen molar-refractivity contribution in [3.8, 4) is 5.75 Å². The molecule has 3 rings (SSSR count). The fraction of sp³-hybridized carbons (Fsp3) is 0.400. The second-order valence-corrected chi connectivity index (χ2v) is 5.57. The van der Waals surface area contributed by atoms with Crippen molar-refractivity contribution in [2.24, 2.45) is 0 Å². The summed E-state index contributed by atoms with van der Waals surface area (Å²) in [5.74, 6) is 0.723. The van der Waals surface area contributed by atoms with Gasteiger partial charge in [-0.3, -0.25) is 9.58 Å². The van der Waals surface area contributed by atoms with E-state index < -0.39 is 0 Å². The van der Waals surface area contributed by atoms with Gasteiger partial charge in [0.05, 0.1) is 18.2 Å². The Balaban J connectivity index is 1.66. The zero-order chi connectivity index (χ0) is 14.1. The lowest BCUT2D eigenvalue weighted by Gasteiger charge is -2.43. The lowest BCUT2D eigenvalue weighted by atomic mass is 10.0. The third-order valence-electron chi connectivity index (χ3n) is 4.00. The van der Waals surface area contributed by atoms with Crippen LogP contribution in [-0.2, 0) is 0 Å². The van der Waals surface area contributed by atoms with Crippen LogP contribution in [0.15, 0.2) is 36.7 Å². The number of hydrogen-bond donors (Lipinski definition) is 0. The molecule has 2 aromatic rings. The highest BCUT2D eigenvalue weighted by atomic mass is 35.5. The van der Waals surface area contributed by atoms with E-state index in [9.17, 15) is 0 Å². The van der Waals surface area contributed by atoms with Gasteiger partial charge in [-0.1, -0.05) is 17.7 Å². The summed E-state index contributed by atoms with van der Waals surface area (Å²) in [4.78, 5) is 2.42. The van der Waals surface area contributed by atoms with Gasteiger partial charge in [0.1, 0.15) is 5.75 Å². The second-order valence-electron chi connectivity index (χ2n) is 5.16. The second kappa shape index (κ2) is 5.46. The largest absolute Gasteiger partial charge is 0.495 e. The van der Waals surface area contributed by atoms with E-state index in [0.29, 0.717) is 17.1 Å². The van der Waals surface area contributed by atoms with Crippen LogP contribution in [0.5, 0.6) is 5.75 Å². The van der Waals surface area contributed by atoms with Crippen LogP contribution in [0.1, 0.15) is 24.6 Å². The molecule has 0 N–H and O–H groups in total. The quantitative estimate of drug-likeness (QED) is 0.867. The SMILES string of the molecule is COc1ccc(C(C)N2CC(n3cccn3)C2)cc1Cl. The van der Waals surface area contributed by atoms with Crippen LogP contribution in [0.4, 0.5) is 0 Å². The van der Waals surface area contributed by atoms with Crippen LogP contribution < -0.4 is 4.74 Å². The van der Waals surface area contributed by atoms with E-state index in [1.165, 1.54) is 5.56 Å².